The lowest BCUT2D eigenvalue weighted by atomic mass is 9.81. The summed E-state index contributed by atoms with van der Waals surface area (Å²) in [6.45, 7) is 3.19. The fourth-order valence-electron chi connectivity index (χ4n) is 2.73. The second-order valence-corrected chi connectivity index (χ2v) is 6.87. The summed E-state index contributed by atoms with van der Waals surface area (Å²) in [6, 6.07) is 2.24. The van der Waals surface area contributed by atoms with Gasteiger partial charge >= 0.3 is 0 Å². The van der Waals surface area contributed by atoms with E-state index in [1.807, 2.05) is 11.3 Å². The summed E-state index contributed by atoms with van der Waals surface area (Å²) in [5.74, 6) is 0.858. The van der Waals surface area contributed by atoms with Crippen LogP contribution in [-0.4, -0.2) is 6.54 Å². The zero-order valence-electron chi connectivity index (χ0n) is 9.13. The van der Waals surface area contributed by atoms with Crippen molar-refractivity contribution in [1.29, 1.82) is 0 Å². The minimum absolute atomic E-state index is 0.393. The van der Waals surface area contributed by atoms with Crippen molar-refractivity contribution >= 4 is 27.3 Å². The van der Waals surface area contributed by atoms with Gasteiger partial charge in [-0.25, -0.2) is 0 Å². The van der Waals surface area contributed by atoms with Crippen LogP contribution in [0.15, 0.2) is 15.9 Å². The molecule has 1 heterocycles. The highest BCUT2D eigenvalue weighted by Crippen LogP contribution is 2.44. The molecule has 1 fully saturated rings. The van der Waals surface area contributed by atoms with Gasteiger partial charge in [0.25, 0.3) is 0 Å². The van der Waals surface area contributed by atoms with Gasteiger partial charge in [0.05, 0.1) is 0 Å². The Hall–Kier alpha value is 0.140. The van der Waals surface area contributed by atoms with Gasteiger partial charge in [0.2, 0.25) is 0 Å². The van der Waals surface area contributed by atoms with Gasteiger partial charge < -0.3 is 5.73 Å². The maximum atomic E-state index is 5.98. The fraction of sp³-hybridized carbons (Fsp3) is 0.667. The Bertz CT molecular complexity index is 336. The first-order valence-electron chi connectivity index (χ1n) is 5.56. The third-order valence-electron chi connectivity index (χ3n) is 3.55. The summed E-state index contributed by atoms with van der Waals surface area (Å²) in [4.78, 5) is 1.47. The number of hydrogen-bond donors (Lipinski definition) is 1. The lowest BCUT2D eigenvalue weighted by Crippen LogP contribution is -2.29. The number of halogens is 1. The van der Waals surface area contributed by atoms with Gasteiger partial charge in [0.1, 0.15) is 0 Å². The van der Waals surface area contributed by atoms with E-state index < -0.39 is 0 Å². The summed E-state index contributed by atoms with van der Waals surface area (Å²) in [6.07, 6.45) is 5.13. The van der Waals surface area contributed by atoms with Crippen LogP contribution in [0.2, 0.25) is 0 Å². The van der Waals surface area contributed by atoms with Crippen LogP contribution in [0, 0.1) is 11.3 Å². The molecule has 1 nitrogen and oxygen atoms in total. The molecule has 84 valence electrons. The van der Waals surface area contributed by atoms with E-state index in [4.69, 9.17) is 5.73 Å². The highest BCUT2D eigenvalue weighted by atomic mass is 79.9. The van der Waals surface area contributed by atoms with Gasteiger partial charge in [-0.05, 0) is 59.1 Å². The van der Waals surface area contributed by atoms with Crippen molar-refractivity contribution in [1.82, 2.24) is 0 Å². The van der Waals surface area contributed by atoms with Gasteiger partial charge in [-0.3, -0.25) is 0 Å². The highest BCUT2D eigenvalue weighted by Gasteiger charge is 2.36. The van der Waals surface area contributed by atoms with Gasteiger partial charge in [-0.2, -0.15) is 0 Å². The average Bonchev–Trinajstić information content (AvgIpc) is 2.75. The van der Waals surface area contributed by atoms with Crippen LogP contribution in [0.3, 0.4) is 0 Å². The molecule has 1 aromatic rings. The van der Waals surface area contributed by atoms with E-state index in [2.05, 4.69) is 34.3 Å². The number of hydrogen-bond acceptors (Lipinski definition) is 2. The Kier molecular flexibility index (Phi) is 3.53. The van der Waals surface area contributed by atoms with Gasteiger partial charge in [-0.15, -0.1) is 11.3 Å². The zero-order valence-corrected chi connectivity index (χ0v) is 11.5. The van der Waals surface area contributed by atoms with Crippen molar-refractivity contribution in [3.05, 3.63) is 20.8 Å². The number of nitrogens with two attached hydrogens (primary N) is 1. The predicted molar refractivity (Wildman–Crippen MR) is 70.2 cm³/mol. The Morgan fingerprint density at radius 3 is 2.93 bits per heavy atom. The van der Waals surface area contributed by atoms with Gasteiger partial charge in [0, 0.05) is 14.7 Å². The van der Waals surface area contributed by atoms with E-state index in [1.54, 1.807) is 0 Å². The third-order valence-corrected chi connectivity index (χ3v) is 5.25. The minimum atomic E-state index is 0.393. The Balaban J connectivity index is 2.08. The average molecular weight is 288 g/mol. The second-order valence-electron chi connectivity index (χ2n) is 4.96. The van der Waals surface area contributed by atoms with Crippen molar-refractivity contribution in [2.24, 2.45) is 17.1 Å². The molecule has 0 bridgehead atoms. The largest absolute Gasteiger partial charge is 0.330 e. The van der Waals surface area contributed by atoms with Crippen LogP contribution in [0.25, 0.3) is 0 Å². The summed E-state index contributed by atoms with van der Waals surface area (Å²) in [7, 11) is 0. The third kappa shape index (κ3) is 2.63. The quantitative estimate of drug-likeness (QED) is 0.899. The summed E-state index contributed by atoms with van der Waals surface area (Å²) in [5.41, 5.74) is 6.37. The van der Waals surface area contributed by atoms with Gasteiger partial charge in [0.15, 0.2) is 0 Å². The molecule has 0 amide bonds. The number of thiophene rings is 1. The molecule has 3 heteroatoms. The molecule has 15 heavy (non-hydrogen) atoms. The summed E-state index contributed by atoms with van der Waals surface area (Å²) < 4.78 is 1.21. The Labute approximate surface area is 104 Å². The van der Waals surface area contributed by atoms with Gasteiger partial charge in [-0.1, -0.05) is 13.3 Å². The van der Waals surface area contributed by atoms with E-state index >= 15 is 0 Å². The fourth-order valence-corrected chi connectivity index (χ4v) is 4.35. The molecule has 0 radical (unpaired) electrons. The van der Waals surface area contributed by atoms with E-state index in [0.29, 0.717) is 5.41 Å². The number of rotatable bonds is 3. The van der Waals surface area contributed by atoms with Crippen molar-refractivity contribution in [3.63, 3.8) is 0 Å². The maximum absolute atomic E-state index is 5.98. The van der Waals surface area contributed by atoms with E-state index in [-0.39, 0.29) is 0 Å². The molecule has 0 spiro atoms. The minimum Gasteiger partial charge on any atom is -0.330 e. The SMILES string of the molecule is CC1CCC(CN)(Cc2cc(Br)cs2)C1. The maximum Gasteiger partial charge on any atom is 0.0285 e. The molecule has 2 atom stereocenters. The molecule has 2 rings (SSSR count). The predicted octanol–water partition coefficient (Wildman–Crippen LogP) is 3.82. The smallest absolute Gasteiger partial charge is 0.0285 e. The molecule has 1 aliphatic rings. The molecular weight excluding hydrogens is 270 g/mol. The molecule has 1 aromatic heterocycles. The Morgan fingerprint density at radius 2 is 2.47 bits per heavy atom. The lowest BCUT2D eigenvalue weighted by molar-refractivity contribution is 0.298. The normalized spacial score (nSPS) is 31.0. The summed E-state index contributed by atoms with van der Waals surface area (Å²) >= 11 is 5.36. The molecule has 2 N–H and O–H groups in total. The first-order valence-corrected chi connectivity index (χ1v) is 7.24. The molecule has 0 aliphatic heterocycles. The van der Waals surface area contributed by atoms with Crippen molar-refractivity contribution in [3.8, 4) is 0 Å². The Morgan fingerprint density at radius 1 is 1.67 bits per heavy atom. The molecule has 1 saturated carbocycles. The van der Waals surface area contributed by atoms with Crippen LogP contribution in [0.5, 0.6) is 0 Å². The second kappa shape index (κ2) is 4.56. The summed E-state index contributed by atoms with van der Waals surface area (Å²) in [5, 5.41) is 2.16. The highest BCUT2D eigenvalue weighted by molar-refractivity contribution is 9.10. The van der Waals surface area contributed by atoms with Crippen LogP contribution in [-0.2, 0) is 6.42 Å². The zero-order chi connectivity index (χ0) is 10.9. The van der Waals surface area contributed by atoms with Crippen LogP contribution < -0.4 is 5.73 Å². The monoisotopic (exact) mass is 287 g/mol. The molecule has 2 unspecified atom stereocenters. The van der Waals surface area contributed by atoms with Crippen LogP contribution in [0.1, 0.15) is 31.1 Å². The molecule has 0 saturated heterocycles. The van der Waals surface area contributed by atoms with Crippen molar-refractivity contribution in [2.75, 3.05) is 6.54 Å². The first-order chi connectivity index (χ1) is 7.13. The standard InChI is InChI=1S/C12H18BrNS/c1-9-2-3-12(5-9,8-14)6-11-4-10(13)7-15-11/h4,7,9H,2-3,5-6,8,14H2,1H3. The van der Waals surface area contributed by atoms with E-state index in [0.717, 1.165) is 12.5 Å². The van der Waals surface area contributed by atoms with Crippen molar-refractivity contribution in [2.45, 2.75) is 32.6 Å². The molecule has 0 aromatic carbocycles. The van der Waals surface area contributed by atoms with Crippen LogP contribution >= 0.6 is 27.3 Å². The van der Waals surface area contributed by atoms with Crippen LogP contribution in [0.4, 0.5) is 0 Å². The first kappa shape index (κ1) is 11.6. The molecular formula is C12H18BrNS. The van der Waals surface area contributed by atoms with E-state index in [1.165, 1.54) is 35.0 Å². The topological polar surface area (TPSA) is 26.0 Å². The van der Waals surface area contributed by atoms with E-state index in [9.17, 15) is 0 Å². The lowest BCUT2D eigenvalue weighted by Gasteiger charge is -2.26. The van der Waals surface area contributed by atoms with Crippen molar-refractivity contribution < 1.29 is 0 Å². The molecule has 1 aliphatic carbocycles.